The first-order valence-corrected chi connectivity index (χ1v) is 7.02. The molecule has 0 saturated carbocycles. The van der Waals surface area contributed by atoms with Crippen LogP contribution in [-0.4, -0.2) is 7.05 Å². The molecule has 0 radical (unpaired) electrons. The molecule has 2 rings (SSSR count). The Hall–Kier alpha value is -1.38. The van der Waals surface area contributed by atoms with Gasteiger partial charge < -0.3 is 5.32 Å². The van der Waals surface area contributed by atoms with E-state index in [2.05, 4.69) is 31.3 Å². The van der Waals surface area contributed by atoms with E-state index in [1.54, 1.807) is 6.07 Å². The average molecular weight is 292 g/mol. The molecule has 0 aliphatic heterocycles. The minimum absolute atomic E-state index is 0.0758. The Morgan fingerprint density at radius 1 is 1.10 bits per heavy atom. The Labute approximate surface area is 124 Å². The molecule has 3 heteroatoms. The third-order valence-electron chi connectivity index (χ3n) is 3.80. The molecule has 0 amide bonds. The maximum Gasteiger partial charge on any atom is 0.123 e. The molecule has 106 valence electrons. The summed E-state index contributed by atoms with van der Waals surface area (Å²) in [6.07, 6.45) is 0. The smallest absolute Gasteiger partial charge is 0.123 e. The molecular weight excluding hydrogens is 273 g/mol. The molecule has 0 spiro atoms. The summed E-state index contributed by atoms with van der Waals surface area (Å²) in [4.78, 5) is 0. The zero-order valence-electron chi connectivity index (χ0n) is 12.0. The molecule has 1 atom stereocenters. The van der Waals surface area contributed by atoms with Crippen molar-refractivity contribution < 1.29 is 4.39 Å². The number of nitrogens with one attached hydrogen (secondary N) is 1. The molecule has 20 heavy (non-hydrogen) atoms. The fraction of sp³-hybridized carbons (Fsp3) is 0.294. The number of rotatable bonds is 4. The lowest BCUT2D eigenvalue weighted by Crippen LogP contribution is -2.35. The average Bonchev–Trinajstić information content (AvgIpc) is 2.44. The van der Waals surface area contributed by atoms with Crippen molar-refractivity contribution in [1.82, 2.24) is 5.32 Å². The molecule has 1 N–H and O–H groups in total. The van der Waals surface area contributed by atoms with Crippen LogP contribution >= 0.6 is 11.6 Å². The van der Waals surface area contributed by atoms with Gasteiger partial charge in [-0.15, -0.1) is 0 Å². The van der Waals surface area contributed by atoms with Crippen LogP contribution in [0.2, 0.25) is 5.02 Å². The normalized spacial score (nSPS) is 13.2. The van der Waals surface area contributed by atoms with Gasteiger partial charge in [-0.05, 0) is 36.4 Å². The first-order chi connectivity index (χ1) is 9.46. The second-order valence-electron chi connectivity index (χ2n) is 5.48. The van der Waals surface area contributed by atoms with Gasteiger partial charge in [0.2, 0.25) is 0 Å². The van der Waals surface area contributed by atoms with Gasteiger partial charge in [-0.1, -0.05) is 55.8 Å². The summed E-state index contributed by atoms with van der Waals surface area (Å²) in [5, 5.41) is 3.85. The van der Waals surface area contributed by atoms with E-state index in [4.69, 9.17) is 11.6 Å². The Morgan fingerprint density at radius 2 is 1.75 bits per heavy atom. The zero-order valence-corrected chi connectivity index (χ0v) is 12.7. The van der Waals surface area contributed by atoms with E-state index in [0.29, 0.717) is 5.02 Å². The molecule has 0 aliphatic carbocycles. The Kier molecular flexibility index (Phi) is 4.46. The molecular formula is C17H19ClFN. The van der Waals surface area contributed by atoms with Crippen LogP contribution in [0.4, 0.5) is 4.39 Å². The molecule has 0 heterocycles. The maximum atomic E-state index is 13.5. The summed E-state index contributed by atoms with van der Waals surface area (Å²) < 4.78 is 13.5. The topological polar surface area (TPSA) is 12.0 Å². The molecule has 2 aromatic rings. The van der Waals surface area contributed by atoms with Crippen molar-refractivity contribution >= 4 is 11.6 Å². The fourth-order valence-electron chi connectivity index (χ4n) is 2.68. The molecule has 0 aromatic heterocycles. The molecule has 0 saturated heterocycles. The molecule has 1 nitrogen and oxygen atoms in total. The lowest BCUT2D eigenvalue weighted by molar-refractivity contribution is 0.367. The van der Waals surface area contributed by atoms with E-state index < -0.39 is 0 Å². The number of hydrogen-bond acceptors (Lipinski definition) is 1. The number of likely N-dealkylation sites (N-methyl/N-ethyl adjacent to an activating group) is 1. The molecule has 0 bridgehead atoms. The molecule has 2 aromatic carbocycles. The van der Waals surface area contributed by atoms with Crippen LogP contribution in [0.5, 0.6) is 0 Å². The standard InChI is InChI=1S/C17H19ClFN/c1-17(2,12-7-5-4-6-8-12)16(20-3)14-11-13(19)9-10-15(14)18/h4-11,16,20H,1-3H3. The summed E-state index contributed by atoms with van der Waals surface area (Å²) in [5.74, 6) is -0.270. The quantitative estimate of drug-likeness (QED) is 0.859. The van der Waals surface area contributed by atoms with Crippen LogP contribution in [0.15, 0.2) is 48.5 Å². The van der Waals surface area contributed by atoms with Gasteiger partial charge in [0, 0.05) is 16.5 Å². The van der Waals surface area contributed by atoms with E-state index in [-0.39, 0.29) is 17.3 Å². The van der Waals surface area contributed by atoms with Crippen LogP contribution in [0.3, 0.4) is 0 Å². The number of halogens is 2. The van der Waals surface area contributed by atoms with E-state index in [9.17, 15) is 4.39 Å². The van der Waals surface area contributed by atoms with Crippen molar-refractivity contribution in [1.29, 1.82) is 0 Å². The lowest BCUT2D eigenvalue weighted by Gasteiger charge is -2.35. The summed E-state index contributed by atoms with van der Waals surface area (Å²) >= 11 is 6.26. The monoisotopic (exact) mass is 291 g/mol. The summed E-state index contributed by atoms with van der Waals surface area (Å²) in [6.45, 7) is 4.26. The third kappa shape index (κ3) is 2.87. The molecule has 0 aliphatic rings. The van der Waals surface area contributed by atoms with Crippen LogP contribution in [0.25, 0.3) is 0 Å². The predicted octanol–water partition coefficient (Wildman–Crippen LogP) is 4.72. The second-order valence-corrected chi connectivity index (χ2v) is 5.88. The van der Waals surface area contributed by atoms with Gasteiger partial charge >= 0.3 is 0 Å². The van der Waals surface area contributed by atoms with Gasteiger partial charge in [0.25, 0.3) is 0 Å². The molecule has 1 unspecified atom stereocenters. The number of benzene rings is 2. The van der Waals surface area contributed by atoms with Crippen LogP contribution in [0, 0.1) is 5.82 Å². The first kappa shape index (κ1) is 15.0. The SMILES string of the molecule is CNC(c1cc(F)ccc1Cl)C(C)(C)c1ccccc1. The lowest BCUT2D eigenvalue weighted by atomic mass is 9.75. The predicted molar refractivity (Wildman–Crippen MR) is 82.7 cm³/mol. The highest BCUT2D eigenvalue weighted by molar-refractivity contribution is 6.31. The van der Waals surface area contributed by atoms with E-state index in [1.807, 2.05) is 25.2 Å². The summed E-state index contributed by atoms with van der Waals surface area (Å²) in [7, 11) is 1.87. The summed E-state index contributed by atoms with van der Waals surface area (Å²) in [6, 6.07) is 14.6. The van der Waals surface area contributed by atoms with Gasteiger partial charge in [0.05, 0.1) is 0 Å². The van der Waals surface area contributed by atoms with Crippen molar-refractivity contribution in [2.45, 2.75) is 25.3 Å². The molecule has 0 fully saturated rings. The maximum absolute atomic E-state index is 13.5. The van der Waals surface area contributed by atoms with Crippen molar-refractivity contribution in [2.24, 2.45) is 0 Å². The zero-order chi connectivity index (χ0) is 14.8. The fourth-order valence-corrected chi connectivity index (χ4v) is 2.90. The third-order valence-corrected chi connectivity index (χ3v) is 4.14. The van der Waals surface area contributed by atoms with E-state index in [0.717, 1.165) is 5.56 Å². The minimum atomic E-state index is -0.270. The van der Waals surface area contributed by atoms with Crippen molar-refractivity contribution in [2.75, 3.05) is 7.05 Å². The van der Waals surface area contributed by atoms with Crippen LogP contribution in [0.1, 0.15) is 31.0 Å². The van der Waals surface area contributed by atoms with Crippen LogP contribution in [-0.2, 0) is 5.41 Å². The van der Waals surface area contributed by atoms with Crippen molar-refractivity contribution in [3.05, 3.63) is 70.5 Å². The van der Waals surface area contributed by atoms with E-state index in [1.165, 1.54) is 17.7 Å². The highest BCUT2D eigenvalue weighted by Gasteiger charge is 2.32. The van der Waals surface area contributed by atoms with Crippen LogP contribution < -0.4 is 5.32 Å². The van der Waals surface area contributed by atoms with Gasteiger partial charge in [0.1, 0.15) is 5.82 Å². The van der Waals surface area contributed by atoms with Crippen molar-refractivity contribution in [3.63, 3.8) is 0 Å². The van der Waals surface area contributed by atoms with E-state index >= 15 is 0 Å². The van der Waals surface area contributed by atoms with Gasteiger partial charge in [0.15, 0.2) is 0 Å². The second kappa shape index (κ2) is 5.94. The Morgan fingerprint density at radius 3 is 2.35 bits per heavy atom. The Balaban J connectivity index is 2.49. The van der Waals surface area contributed by atoms with Crippen molar-refractivity contribution in [3.8, 4) is 0 Å². The summed E-state index contributed by atoms with van der Waals surface area (Å²) in [5.41, 5.74) is 1.75. The Bertz CT molecular complexity index is 581. The van der Waals surface area contributed by atoms with Gasteiger partial charge in [-0.25, -0.2) is 4.39 Å². The van der Waals surface area contributed by atoms with Gasteiger partial charge in [-0.3, -0.25) is 0 Å². The first-order valence-electron chi connectivity index (χ1n) is 6.64. The van der Waals surface area contributed by atoms with Gasteiger partial charge in [-0.2, -0.15) is 0 Å². The largest absolute Gasteiger partial charge is 0.312 e. The minimum Gasteiger partial charge on any atom is -0.312 e. The highest BCUT2D eigenvalue weighted by Crippen LogP contribution is 2.39. The highest BCUT2D eigenvalue weighted by atomic mass is 35.5. The number of hydrogen-bond donors (Lipinski definition) is 1.